The smallest absolute Gasteiger partial charge is 0.306 e. The lowest BCUT2D eigenvalue weighted by atomic mass is 9.87. The summed E-state index contributed by atoms with van der Waals surface area (Å²) in [6.07, 6.45) is 3.10. The normalized spacial score (nSPS) is 16.4. The number of esters is 1. The SMILES string of the molecule is CCN(C(=O)CCC(=O)OC)C1CCc2cc(OC)ccc2C1. The summed E-state index contributed by atoms with van der Waals surface area (Å²) >= 11 is 0. The van der Waals surface area contributed by atoms with Gasteiger partial charge in [0, 0.05) is 19.0 Å². The van der Waals surface area contributed by atoms with Crippen LogP contribution in [0, 0.1) is 0 Å². The van der Waals surface area contributed by atoms with Gasteiger partial charge >= 0.3 is 5.97 Å². The van der Waals surface area contributed by atoms with Gasteiger partial charge in [-0.3, -0.25) is 9.59 Å². The molecule has 0 aromatic heterocycles. The Balaban J connectivity index is 2.02. The maximum atomic E-state index is 12.4. The van der Waals surface area contributed by atoms with Crippen molar-refractivity contribution in [1.82, 2.24) is 4.90 Å². The van der Waals surface area contributed by atoms with E-state index in [0.717, 1.165) is 25.0 Å². The van der Waals surface area contributed by atoms with Gasteiger partial charge in [0.15, 0.2) is 0 Å². The van der Waals surface area contributed by atoms with E-state index in [9.17, 15) is 9.59 Å². The Bertz CT molecular complexity index is 570. The van der Waals surface area contributed by atoms with Gasteiger partial charge in [0.2, 0.25) is 5.91 Å². The Kier molecular flexibility index (Phi) is 6.02. The van der Waals surface area contributed by atoms with Crippen LogP contribution in [0.4, 0.5) is 0 Å². The highest BCUT2D eigenvalue weighted by molar-refractivity contribution is 5.81. The van der Waals surface area contributed by atoms with Gasteiger partial charge in [-0.25, -0.2) is 0 Å². The van der Waals surface area contributed by atoms with Crippen molar-refractivity contribution in [2.24, 2.45) is 0 Å². The van der Waals surface area contributed by atoms with E-state index in [4.69, 9.17) is 4.74 Å². The number of carbonyl (C=O) groups is 2. The molecular weight excluding hydrogens is 294 g/mol. The van der Waals surface area contributed by atoms with Crippen LogP contribution in [-0.4, -0.2) is 43.6 Å². The predicted molar refractivity (Wildman–Crippen MR) is 87.4 cm³/mol. The van der Waals surface area contributed by atoms with E-state index in [2.05, 4.69) is 16.9 Å². The molecule has 0 saturated heterocycles. The lowest BCUT2D eigenvalue weighted by Gasteiger charge is -2.34. The van der Waals surface area contributed by atoms with Crippen LogP contribution in [0.2, 0.25) is 0 Å². The molecule has 0 saturated carbocycles. The first-order chi connectivity index (χ1) is 11.1. The van der Waals surface area contributed by atoms with Gasteiger partial charge in [0.25, 0.3) is 0 Å². The van der Waals surface area contributed by atoms with Gasteiger partial charge in [-0.05, 0) is 49.4 Å². The molecule has 1 atom stereocenters. The highest BCUT2D eigenvalue weighted by atomic mass is 16.5. The Morgan fingerprint density at radius 1 is 1.22 bits per heavy atom. The Hall–Kier alpha value is -2.04. The third-order valence-electron chi connectivity index (χ3n) is 4.49. The third kappa shape index (κ3) is 4.24. The summed E-state index contributed by atoms with van der Waals surface area (Å²) in [6, 6.07) is 6.34. The zero-order valence-electron chi connectivity index (χ0n) is 14.1. The maximum absolute atomic E-state index is 12.4. The zero-order chi connectivity index (χ0) is 16.8. The lowest BCUT2D eigenvalue weighted by Crippen LogP contribution is -2.43. The number of aryl methyl sites for hydroxylation is 1. The van der Waals surface area contributed by atoms with Crippen molar-refractivity contribution >= 4 is 11.9 Å². The fourth-order valence-electron chi connectivity index (χ4n) is 3.20. The molecule has 0 radical (unpaired) electrons. The Morgan fingerprint density at radius 2 is 2.00 bits per heavy atom. The summed E-state index contributed by atoms with van der Waals surface area (Å²) in [5, 5.41) is 0. The molecular formula is C18H25NO4. The van der Waals surface area contributed by atoms with Gasteiger partial charge in [-0.15, -0.1) is 0 Å². The second kappa shape index (κ2) is 7.99. The maximum Gasteiger partial charge on any atom is 0.306 e. The summed E-state index contributed by atoms with van der Waals surface area (Å²) in [4.78, 5) is 25.5. The first kappa shape index (κ1) is 17.3. The molecule has 23 heavy (non-hydrogen) atoms. The molecule has 1 amide bonds. The van der Waals surface area contributed by atoms with Crippen LogP contribution in [0.3, 0.4) is 0 Å². The van der Waals surface area contributed by atoms with E-state index < -0.39 is 0 Å². The number of methoxy groups -OCH3 is 2. The van der Waals surface area contributed by atoms with Crippen molar-refractivity contribution < 1.29 is 19.1 Å². The summed E-state index contributed by atoms with van der Waals surface area (Å²) in [6.45, 7) is 2.65. The van der Waals surface area contributed by atoms with E-state index in [1.807, 2.05) is 17.9 Å². The third-order valence-corrected chi connectivity index (χ3v) is 4.49. The van der Waals surface area contributed by atoms with Crippen molar-refractivity contribution in [2.75, 3.05) is 20.8 Å². The summed E-state index contributed by atoms with van der Waals surface area (Å²) in [7, 11) is 3.02. The van der Waals surface area contributed by atoms with Gasteiger partial charge in [-0.1, -0.05) is 6.07 Å². The van der Waals surface area contributed by atoms with Crippen LogP contribution in [0.5, 0.6) is 5.75 Å². The minimum atomic E-state index is -0.338. The molecule has 5 heteroatoms. The summed E-state index contributed by atoms with van der Waals surface area (Å²) in [5.74, 6) is 0.569. The number of carbonyl (C=O) groups excluding carboxylic acids is 2. The number of amides is 1. The second-order valence-corrected chi connectivity index (χ2v) is 5.79. The van der Waals surface area contributed by atoms with Crippen molar-refractivity contribution in [3.63, 3.8) is 0 Å². The summed E-state index contributed by atoms with van der Waals surface area (Å²) in [5.41, 5.74) is 2.58. The van der Waals surface area contributed by atoms with Crippen molar-refractivity contribution in [3.05, 3.63) is 29.3 Å². The minimum Gasteiger partial charge on any atom is -0.497 e. The van der Waals surface area contributed by atoms with Crippen LogP contribution in [0.15, 0.2) is 18.2 Å². The molecule has 1 aromatic rings. The van der Waals surface area contributed by atoms with Crippen LogP contribution < -0.4 is 4.74 Å². The monoisotopic (exact) mass is 319 g/mol. The molecule has 5 nitrogen and oxygen atoms in total. The van der Waals surface area contributed by atoms with Crippen LogP contribution >= 0.6 is 0 Å². The average Bonchev–Trinajstić information content (AvgIpc) is 2.59. The Morgan fingerprint density at radius 3 is 2.65 bits per heavy atom. The molecule has 2 rings (SSSR count). The van der Waals surface area contributed by atoms with Crippen molar-refractivity contribution in [1.29, 1.82) is 0 Å². The van der Waals surface area contributed by atoms with Gasteiger partial charge in [0.1, 0.15) is 5.75 Å². The van der Waals surface area contributed by atoms with Gasteiger partial charge in [0.05, 0.1) is 20.6 Å². The number of benzene rings is 1. The van der Waals surface area contributed by atoms with E-state index >= 15 is 0 Å². The van der Waals surface area contributed by atoms with Crippen molar-refractivity contribution in [2.45, 2.75) is 45.1 Å². The van der Waals surface area contributed by atoms with Crippen LogP contribution in [0.25, 0.3) is 0 Å². The number of hydrogen-bond acceptors (Lipinski definition) is 4. The fourth-order valence-corrected chi connectivity index (χ4v) is 3.20. The molecule has 126 valence electrons. The fraction of sp³-hybridized carbons (Fsp3) is 0.556. The van der Waals surface area contributed by atoms with Crippen molar-refractivity contribution in [3.8, 4) is 5.75 Å². The molecule has 0 aliphatic heterocycles. The van der Waals surface area contributed by atoms with Crippen LogP contribution in [0.1, 0.15) is 37.3 Å². The number of ether oxygens (including phenoxy) is 2. The number of nitrogens with zero attached hydrogens (tertiary/aromatic N) is 1. The topological polar surface area (TPSA) is 55.8 Å². The largest absolute Gasteiger partial charge is 0.497 e. The van der Waals surface area contributed by atoms with Gasteiger partial charge < -0.3 is 14.4 Å². The number of fused-ring (bicyclic) bond motifs is 1. The van der Waals surface area contributed by atoms with E-state index in [1.165, 1.54) is 18.2 Å². The van der Waals surface area contributed by atoms with E-state index in [-0.39, 0.29) is 30.8 Å². The van der Waals surface area contributed by atoms with Crippen LogP contribution in [-0.2, 0) is 27.2 Å². The number of likely N-dealkylation sites (N-methyl/N-ethyl adjacent to an activating group) is 1. The molecule has 0 N–H and O–H groups in total. The zero-order valence-corrected chi connectivity index (χ0v) is 14.1. The number of hydrogen-bond donors (Lipinski definition) is 0. The highest BCUT2D eigenvalue weighted by Crippen LogP contribution is 2.28. The predicted octanol–water partition coefficient (Wildman–Crippen LogP) is 2.35. The molecule has 1 aromatic carbocycles. The first-order valence-corrected chi connectivity index (χ1v) is 8.11. The quantitative estimate of drug-likeness (QED) is 0.755. The molecule has 0 bridgehead atoms. The standard InChI is InChI=1S/C18H25NO4/c1-4-19(17(20)9-10-18(21)23-3)15-7-5-14-12-16(22-2)8-6-13(14)11-15/h6,8,12,15H,4-5,7,9-11H2,1-3H3. The molecule has 1 aliphatic rings. The molecule has 1 aliphatic carbocycles. The highest BCUT2D eigenvalue weighted by Gasteiger charge is 2.27. The molecule has 0 spiro atoms. The lowest BCUT2D eigenvalue weighted by molar-refractivity contribution is -0.144. The number of rotatable bonds is 6. The second-order valence-electron chi connectivity index (χ2n) is 5.79. The van der Waals surface area contributed by atoms with Gasteiger partial charge in [-0.2, -0.15) is 0 Å². The summed E-state index contributed by atoms with van der Waals surface area (Å²) < 4.78 is 9.88. The first-order valence-electron chi connectivity index (χ1n) is 8.11. The Labute approximate surface area is 137 Å². The molecule has 1 unspecified atom stereocenters. The minimum absolute atomic E-state index is 0.0276. The average molecular weight is 319 g/mol. The molecule has 0 heterocycles. The molecule has 0 fully saturated rings. The van der Waals surface area contributed by atoms with E-state index in [0.29, 0.717) is 6.54 Å². The van der Waals surface area contributed by atoms with E-state index in [1.54, 1.807) is 7.11 Å².